The average molecular weight is 1010 g/mol. The predicted octanol–water partition coefficient (Wildman–Crippen LogP) is 11.0. The second kappa shape index (κ2) is 26.3. The van der Waals surface area contributed by atoms with Crippen LogP contribution in [0.2, 0.25) is 0 Å². The molecular weight excluding hydrogens is 947 g/mol. The highest BCUT2D eigenvalue weighted by molar-refractivity contribution is 5.99. The van der Waals surface area contributed by atoms with Gasteiger partial charge in [0.15, 0.2) is 0 Å². The molecule has 3 heterocycles. The molecule has 3 aromatic heterocycles. The van der Waals surface area contributed by atoms with Gasteiger partial charge in [0.1, 0.15) is 17.5 Å². The first-order valence-electron chi connectivity index (χ1n) is 25.2. The molecule has 5 aromatic carbocycles. The number of fused-ring (bicyclic) bond motifs is 2. The number of benzene rings is 5. The Bertz CT molecular complexity index is 3170. The van der Waals surface area contributed by atoms with Gasteiger partial charge in [0.05, 0.1) is 58.9 Å². The summed E-state index contributed by atoms with van der Waals surface area (Å²) in [5, 5.41) is 10.1. The van der Waals surface area contributed by atoms with Gasteiger partial charge in [-0.25, -0.2) is 9.78 Å². The molecule has 2 N–H and O–H groups in total. The number of amides is 2. The molecule has 14 heteroatoms. The van der Waals surface area contributed by atoms with Crippen LogP contribution in [0, 0.1) is 5.41 Å². The molecule has 75 heavy (non-hydrogen) atoms. The van der Waals surface area contributed by atoms with E-state index in [1.807, 2.05) is 30.7 Å². The van der Waals surface area contributed by atoms with Crippen molar-refractivity contribution in [3.63, 3.8) is 0 Å². The Balaban J connectivity index is 0.741. The van der Waals surface area contributed by atoms with E-state index in [1.165, 1.54) is 24.3 Å². The summed E-state index contributed by atoms with van der Waals surface area (Å²) in [6.45, 7) is 9.19. The normalized spacial score (nSPS) is 11.8. The van der Waals surface area contributed by atoms with Crippen LogP contribution in [0.1, 0.15) is 65.5 Å². The molecule has 8 aromatic rings. The largest absolute Gasteiger partial charge is 0.493 e. The van der Waals surface area contributed by atoms with Crippen molar-refractivity contribution < 1.29 is 42.8 Å². The van der Waals surface area contributed by atoms with Crippen molar-refractivity contribution >= 4 is 39.3 Å². The SMILES string of the molecule is COC(=O)[C@H](CCC(C)(C)C)NC(=O)c1ccc(Oc2cccc(C(=O)NCCOCCOCCOCc3ccc(-c4cccc5ccncc45)c(OCCc4ccc(-c5cccc6ccncc56)cc4)c3)c2)nc1. The maximum Gasteiger partial charge on any atom is 0.328 e. The van der Waals surface area contributed by atoms with Crippen LogP contribution in [0.25, 0.3) is 43.8 Å². The third-order valence-electron chi connectivity index (χ3n) is 12.5. The van der Waals surface area contributed by atoms with Crippen LogP contribution in [0.15, 0.2) is 158 Å². The van der Waals surface area contributed by atoms with Crippen molar-refractivity contribution in [2.45, 2.75) is 52.7 Å². The maximum atomic E-state index is 12.9. The summed E-state index contributed by atoms with van der Waals surface area (Å²) in [4.78, 5) is 51.2. The van der Waals surface area contributed by atoms with Crippen LogP contribution < -0.4 is 20.1 Å². The molecule has 0 spiro atoms. The third kappa shape index (κ3) is 15.3. The predicted molar refractivity (Wildman–Crippen MR) is 290 cm³/mol. The number of aromatic nitrogens is 3. The number of carbonyl (C=O) groups is 3. The highest BCUT2D eigenvalue weighted by Gasteiger charge is 2.25. The second-order valence-corrected chi connectivity index (χ2v) is 19.1. The first-order chi connectivity index (χ1) is 36.5. The first-order valence-corrected chi connectivity index (χ1v) is 25.2. The Labute approximate surface area is 437 Å². The van der Waals surface area contributed by atoms with Crippen LogP contribution in [-0.4, -0.2) is 92.1 Å². The Morgan fingerprint density at radius 3 is 2.00 bits per heavy atom. The van der Waals surface area contributed by atoms with Crippen molar-refractivity contribution in [3.05, 3.63) is 181 Å². The molecule has 2 amide bonds. The van der Waals surface area contributed by atoms with Crippen molar-refractivity contribution in [2.24, 2.45) is 5.41 Å². The Kier molecular flexibility index (Phi) is 18.6. The van der Waals surface area contributed by atoms with E-state index in [2.05, 4.69) is 125 Å². The smallest absolute Gasteiger partial charge is 0.328 e. The summed E-state index contributed by atoms with van der Waals surface area (Å²) in [6.07, 6.45) is 10.7. The lowest BCUT2D eigenvalue weighted by molar-refractivity contribution is -0.143. The number of methoxy groups -OCH3 is 1. The molecule has 0 saturated heterocycles. The Morgan fingerprint density at radius 1 is 0.613 bits per heavy atom. The first kappa shape index (κ1) is 53.3. The van der Waals surface area contributed by atoms with Crippen LogP contribution in [0.4, 0.5) is 0 Å². The number of rotatable bonds is 25. The number of pyridine rings is 3. The zero-order valence-electron chi connectivity index (χ0n) is 42.9. The topological polar surface area (TPSA) is 169 Å². The highest BCUT2D eigenvalue weighted by Crippen LogP contribution is 2.36. The monoisotopic (exact) mass is 1010 g/mol. The number of hydrogen-bond acceptors (Lipinski definition) is 12. The Morgan fingerprint density at radius 2 is 1.29 bits per heavy atom. The van der Waals surface area contributed by atoms with Crippen molar-refractivity contribution in [1.29, 1.82) is 0 Å². The summed E-state index contributed by atoms with van der Waals surface area (Å²) in [5.41, 5.74) is 7.15. The lowest BCUT2D eigenvalue weighted by atomic mass is 9.88. The van der Waals surface area contributed by atoms with E-state index in [0.29, 0.717) is 76.9 Å². The molecule has 0 fully saturated rings. The minimum Gasteiger partial charge on any atom is -0.493 e. The second-order valence-electron chi connectivity index (χ2n) is 19.1. The van der Waals surface area contributed by atoms with E-state index >= 15 is 0 Å². The van der Waals surface area contributed by atoms with Crippen LogP contribution >= 0.6 is 0 Å². The van der Waals surface area contributed by atoms with Gasteiger partial charge in [-0.05, 0) is 99.3 Å². The van der Waals surface area contributed by atoms with Gasteiger partial charge in [0.25, 0.3) is 11.8 Å². The van der Waals surface area contributed by atoms with E-state index in [1.54, 1.807) is 42.6 Å². The van der Waals surface area contributed by atoms with Gasteiger partial charge in [0.2, 0.25) is 5.88 Å². The molecule has 0 aliphatic carbocycles. The highest BCUT2D eigenvalue weighted by atomic mass is 16.5. The summed E-state index contributed by atoms with van der Waals surface area (Å²) in [5.74, 6) is 0.152. The van der Waals surface area contributed by atoms with Gasteiger partial charge in [-0.1, -0.05) is 99.6 Å². The van der Waals surface area contributed by atoms with Gasteiger partial charge in [-0.3, -0.25) is 19.6 Å². The fourth-order valence-electron chi connectivity index (χ4n) is 8.42. The molecule has 0 bridgehead atoms. The number of hydrogen-bond donors (Lipinski definition) is 2. The van der Waals surface area contributed by atoms with E-state index in [4.69, 9.17) is 28.4 Å². The van der Waals surface area contributed by atoms with Crippen molar-refractivity contribution in [1.82, 2.24) is 25.6 Å². The van der Waals surface area contributed by atoms with Crippen molar-refractivity contribution in [2.75, 3.05) is 53.3 Å². The van der Waals surface area contributed by atoms with Crippen molar-refractivity contribution in [3.8, 4) is 39.6 Å². The maximum absolute atomic E-state index is 12.9. The van der Waals surface area contributed by atoms with Crippen LogP contribution in [-0.2, 0) is 36.8 Å². The summed E-state index contributed by atoms with van der Waals surface area (Å²) < 4.78 is 34.8. The van der Waals surface area contributed by atoms with Gasteiger partial charge in [0, 0.05) is 71.9 Å². The van der Waals surface area contributed by atoms with Crippen LogP contribution in [0.5, 0.6) is 17.4 Å². The molecule has 1 atom stereocenters. The molecule has 386 valence electrons. The van der Waals surface area contributed by atoms with Gasteiger partial charge < -0.3 is 39.1 Å². The van der Waals surface area contributed by atoms with E-state index < -0.39 is 17.9 Å². The number of carbonyl (C=O) groups excluding carboxylic acids is 3. The molecule has 0 radical (unpaired) electrons. The summed E-state index contributed by atoms with van der Waals surface area (Å²) in [7, 11) is 1.30. The zero-order chi connectivity index (χ0) is 52.4. The molecule has 0 saturated carbocycles. The lowest BCUT2D eigenvalue weighted by Gasteiger charge is -2.22. The molecule has 14 nitrogen and oxygen atoms in total. The number of nitrogens with zero attached hydrogens (tertiary/aromatic N) is 3. The zero-order valence-corrected chi connectivity index (χ0v) is 42.9. The Hall–Kier alpha value is -8.04. The summed E-state index contributed by atoms with van der Waals surface area (Å²) in [6, 6.07) is 40.5. The molecular formula is C61H63N5O9. The fourth-order valence-corrected chi connectivity index (χ4v) is 8.42. The van der Waals surface area contributed by atoms with Gasteiger partial charge in [-0.15, -0.1) is 0 Å². The van der Waals surface area contributed by atoms with E-state index in [9.17, 15) is 14.4 Å². The minimum atomic E-state index is -0.779. The molecule has 0 aliphatic heterocycles. The lowest BCUT2D eigenvalue weighted by Crippen LogP contribution is -2.42. The van der Waals surface area contributed by atoms with Crippen LogP contribution in [0.3, 0.4) is 0 Å². The quantitative estimate of drug-likeness (QED) is 0.0411. The molecule has 0 unspecified atom stereocenters. The fraction of sp³-hybridized carbons (Fsp3) is 0.279. The number of nitrogens with one attached hydrogen (secondary N) is 2. The molecule has 8 rings (SSSR count). The minimum absolute atomic E-state index is 0.0177. The third-order valence-corrected chi connectivity index (χ3v) is 12.5. The average Bonchev–Trinajstić information content (AvgIpc) is 3.43. The van der Waals surface area contributed by atoms with Gasteiger partial charge >= 0.3 is 5.97 Å². The standard InChI is InChI=1S/C61H63N5O9/c1-61(2,3)26-22-55(60(69)70-4)66-59(68)48-19-21-57(65-38-48)75-49-11-5-10-47(37-49)58(67)64-29-31-71-32-33-72-34-35-73-41-43-16-20-52(51-13-7-9-45-24-28-63-40-54(45)51)56(36-43)74-30-25-42-14-17-46(18-15-42)50-12-6-8-44-23-27-62-39-53(44)50/h5-21,23-24,27-28,36-40,55H,22,25-26,29-35,41H2,1-4H3,(H,64,67)(H,66,68)/t55-/m0/s1. The number of ether oxygens (including phenoxy) is 6. The molecule has 0 aliphatic rings. The van der Waals surface area contributed by atoms with E-state index in [0.717, 1.165) is 56.1 Å². The number of esters is 1. The summed E-state index contributed by atoms with van der Waals surface area (Å²) >= 11 is 0. The van der Waals surface area contributed by atoms with E-state index in [-0.39, 0.29) is 22.8 Å². The van der Waals surface area contributed by atoms with Gasteiger partial charge in [-0.2, -0.15) is 0 Å².